The third-order valence-electron chi connectivity index (χ3n) is 5.85. The second kappa shape index (κ2) is 10.1. The molecule has 2 aromatic rings. The maximum atomic E-state index is 12.4. The average Bonchev–Trinajstić information content (AvgIpc) is 3.27. The lowest BCUT2D eigenvalue weighted by molar-refractivity contribution is 0.0121. The van der Waals surface area contributed by atoms with Gasteiger partial charge >= 0.3 is 6.03 Å². The molecule has 2 aromatic heterocycles. The monoisotopic (exact) mass is 416 g/mol. The topological polar surface area (TPSA) is 97.5 Å². The van der Waals surface area contributed by atoms with E-state index < -0.39 is 0 Å². The molecule has 4 rings (SSSR count). The summed E-state index contributed by atoms with van der Waals surface area (Å²) in [5, 5.41) is 14.6. The Morgan fingerprint density at radius 3 is 2.80 bits per heavy atom. The minimum Gasteiger partial charge on any atom is -0.465 e. The zero-order valence-electron chi connectivity index (χ0n) is 17.7. The van der Waals surface area contributed by atoms with E-state index in [0.29, 0.717) is 32.7 Å². The van der Waals surface area contributed by atoms with Crippen LogP contribution in [0, 0.1) is 6.92 Å². The van der Waals surface area contributed by atoms with Gasteiger partial charge in [0.2, 0.25) is 0 Å². The van der Waals surface area contributed by atoms with Crippen LogP contribution in [0.2, 0.25) is 0 Å². The van der Waals surface area contributed by atoms with Crippen molar-refractivity contribution < 1.29 is 13.9 Å². The van der Waals surface area contributed by atoms with Crippen LogP contribution in [0.15, 0.2) is 16.5 Å². The number of aromatic nitrogens is 3. The number of carbonyl (C=O) groups is 1. The van der Waals surface area contributed by atoms with Crippen LogP contribution in [0.25, 0.3) is 0 Å². The van der Waals surface area contributed by atoms with Gasteiger partial charge < -0.3 is 24.4 Å². The van der Waals surface area contributed by atoms with Crippen LogP contribution in [-0.2, 0) is 24.1 Å². The Hall–Kier alpha value is -2.39. The SMILES string of the molecule is Cc1ccc([C@H](CNC(=O)NCCc2nnc3n2CCCCC3)N2CCOCC2)o1. The van der Waals surface area contributed by atoms with Crippen molar-refractivity contribution in [1.29, 1.82) is 0 Å². The van der Waals surface area contributed by atoms with Gasteiger partial charge in [-0.2, -0.15) is 0 Å². The molecule has 0 aromatic carbocycles. The molecule has 0 bridgehead atoms. The van der Waals surface area contributed by atoms with Crippen molar-refractivity contribution in [2.75, 3.05) is 39.4 Å². The number of fused-ring (bicyclic) bond motifs is 1. The average molecular weight is 417 g/mol. The van der Waals surface area contributed by atoms with Crippen LogP contribution in [0.4, 0.5) is 4.79 Å². The highest BCUT2D eigenvalue weighted by atomic mass is 16.5. The molecule has 0 saturated carbocycles. The molecule has 4 heterocycles. The lowest BCUT2D eigenvalue weighted by atomic mass is 10.1. The molecule has 0 aliphatic carbocycles. The van der Waals surface area contributed by atoms with Crippen molar-refractivity contribution in [3.05, 3.63) is 35.3 Å². The molecule has 2 aliphatic rings. The molecule has 0 radical (unpaired) electrons. The lowest BCUT2D eigenvalue weighted by Crippen LogP contribution is -2.46. The molecule has 1 fully saturated rings. The molecule has 9 heteroatoms. The fraction of sp³-hybridized carbons (Fsp3) is 0.667. The molecule has 2 aliphatic heterocycles. The highest BCUT2D eigenvalue weighted by Crippen LogP contribution is 2.23. The van der Waals surface area contributed by atoms with Gasteiger partial charge in [-0.15, -0.1) is 10.2 Å². The predicted molar refractivity (Wildman–Crippen MR) is 111 cm³/mol. The van der Waals surface area contributed by atoms with Crippen LogP contribution < -0.4 is 10.6 Å². The molecule has 2 N–H and O–H groups in total. The molecule has 0 unspecified atom stereocenters. The second-order valence-electron chi connectivity index (χ2n) is 7.99. The van der Waals surface area contributed by atoms with Gasteiger partial charge in [-0.25, -0.2) is 4.79 Å². The number of hydrogen-bond acceptors (Lipinski definition) is 6. The second-order valence-corrected chi connectivity index (χ2v) is 7.99. The van der Waals surface area contributed by atoms with E-state index in [9.17, 15) is 4.79 Å². The fourth-order valence-electron chi connectivity index (χ4n) is 4.20. The van der Waals surface area contributed by atoms with E-state index in [1.807, 2.05) is 19.1 Å². The summed E-state index contributed by atoms with van der Waals surface area (Å²) in [6.45, 7) is 6.98. The quantitative estimate of drug-likeness (QED) is 0.715. The summed E-state index contributed by atoms with van der Waals surface area (Å²) in [4.78, 5) is 14.7. The van der Waals surface area contributed by atoms with Gasteiger partial charge in [0.05, 0.1) is 19.3 Å². The number of morpholine rings is 1. The smallest absolute Gasteiger partial charge is 0.314 e. The van der Waals surface area contributed by atoms with Crippen molar-refractivity contribution >= 4 is 6.03 Å². The first-order valence-corrected chi connectivity index (χ1v) is 11.0. The molecule has 9 nitrogen and oxygen atoms in total. The van der Waals surface area contributed by atoms with Crippen molar-refractivity contribution in [3.63, 3.8) is 0 Å². The number of rotatable bonds is 7. The summed E-state index contributed by atoms with van der Waals surface area (Å²) in [5.41, 5.74) is 0. The zero-order chi connectivity index (χ0) is 20.8. The molecule has 0 spiro atoms. The Morgan fingerprint density at radius 2 is 2.00 bits per heavy atom. The third kappa shape index (κ3) is 5.20. The number of ether oxygens (including phenoxy) is 1. The minimum atomic E-state index is -0.174. The van der Waals surface area contributed by atoms with Gasteiger partial charge in [-0.3, -0.25) is 4.90 Å². The Bertz CT molecular complexity index is 827. The summed E-state index contributed by atoms with van der Waals surface area (Å²) in [6, 6.07) is 3.78. The summed E-state index contributed by atoms with van der Waals surface area (Å²) in [5.74, 6) is 3.79. The normalized spacial score (nSPS) is 18.4. The summed E-state index contributed by atoms with van der Waals surface area (Å²) in [7, 11) is 0. The van der Waals surface area contributed by atoms with Gasteiger partial charge in [-0.05, 0) is 31.9 Å². The Morgan fingerprint density at radius 1 is 1.13 bits per heavy atom. The van der Waals surface area contributed by atoms with Crippen LogP contribution >= 0.6 is 0 Å². The number of urea groups is 1. The Labute approximate surface area is 177 Å². The number of furan rings is 1. The molecule has 164 valence electrons. The van der Waals surface area contributed by atoms with E-state index in [-0.39, 0.29) is 12.1 Å². The number of nitrogens with zero attached hydrogens (tertiary/aromatic N) is 4. The van der Waals surface area contributed by atoms with Crippen molar-refractivity contribution in [2.24, 2.45) is 0 Å². The van der Waals surface area contributed by atoms with Crippen LogP contribution in [0.5, 0.6) is 0 Å². The fourth-order valence-corrected chi connectivity index (χ4v) is 4.20. The predicted octanol–water partition coefficient (Wildman–Crippen LogP) is 1.82. The standard InChI is InChI=1S/C21H32N6O3/c1-16-6-7-18(30-16)17(26-11-13-29-14-12-26)15-23-21(28)22-9-8-20-25-24-19-5-3-2-4-10-27(19)20/h6-7,17H,2-5,8-15H2,1H3,(H2,22,23,28)/t17-/m0/s1. The number of amides is 2. The summed E-state index contributed by atoms with van der Waals surface area (Å²) >= 11 is 0. The summed E-state index contributed by atoms with van der Waals surface area (Å²) < 4.78 is 13.5. The number of nitrogens with one attached hydrogen (secondary N) is 2. The molecule has 30 heavy (non-hydrogen) atoms. The first-order chi connectivity index (χ1) is 14.7. The van der Waals surface area contributed by atoms with Gasteiger partial charge in [0.1, 0.15) is 23.2 Å². The molecule has 1 saturated heterocycles. The first-order valence-electron chi connectivity index (χ1n) is 11.0. The lowest BCUT2D eigenvalue weighted by Gasteiger charge is -2.33. The van der Waals surface area contributed by atoms with Crippen LogP contribution in [-0.4, -0.2) is 65.1 Å². The minimum absolute atomic E-state index is 0.000570. The van der Waals surface area contributed by atoms with Crippen molar-refractivity contribution in [1.82, 2.24) is 30.3 Å². The zero-order valence-corrected chi connectivity index (χ0v) is 17.7. The Kier molecular flexibility index (Phi) is 7.01. The third-order valence-corrected chi connectivity index (χ3v) is 5.85. The van der Waals surface area contributed by atoms with E-state index in [0.717, 1.165) is 49.2 Å². The summed E-state index contributed by atoms with van der Waals surface area (Å²) in [6.07, 6.45) is 5.27. The number of carbonyl (C=O) groups excluding carboxylic acids is 1. The van der Waals surface area contributed by atoms with Gasteiger partial charge in [0.25, 0.3) is 0 Å². The largest absolute Gasteiger partial charge is 0.465 e. The van der Waals surface area contributed by atoms with E-state index >= 15 is 0 Å². The highest BCUT2D eigenvalue weighted by molar-refractivity contribution is 5.73. The maximum Gasteiger partial charge on any atom is 0.314 e. The number of aryl methyl sites for hydroxylation is 2. The van der Waals surface area contributed by atoms with Crippen molar-refractivity contribution in [3.8, 4) is 0 Å². The van der Waals surface area contributed by atoms with Crippen LogP contribution in [0.1, 0.15) is 48.5 Å². The highest BCUT2D eigenvalue weighted by Gasteiger charge is 2.25. The maximum absolute atomic E-state index is 12.4. The number of hydrogen-bond donors (Lipinski definition) is 2. The van der Waals surface area contributed by atoms with Crippen LogP contribution in [0.3, 0.4) is 0 Å². The molecular weight excluding hydrogens is 384 g/mol. The van der Waals surface area contributed by atoms with E-state index in [4.69, 9.17) is 9.15 Å². The van der Waals surface area contributed by atoms with E-state index in [1.54, 1.807) is 0 Å². The molecule has 2 amide bonds. The first kappa shape index (κ1) is 20.9. The molecular formula is C21H32N6O3. The Balaban J connectivity index is 1.27. The van der Waals surface area contributed by atoms with E-state index in [1.165, 1.54) is 19.3 Å². The van der Waals surface area contributed by atoms with Gasteiger partial charge in [0.15, 0.2) is 0 Å². The van der Waals surface area contributed by atoms with Gasteiger partial charge in [-0.1, -0.05) is 6.42 Å². The van der Waals surface area contributed by atoms with Gasteiger partial charge in [0, 0.05) is 45.6 Å². The van der Waals surface area contributed by atoms with E-state index in [2.05, 4.69) is 30.3 Å². The van der Waals surface area contributed by atoms with Crippen molar-refractivity contribution in [2.45, 2.75) is 51.6 Å². The molecule has 1 atom stereocenters.